The first kappa shape index (κ1) is 55.9. The van der Waals surface area contributed by atoms with Crippen LogP contribution in [0.1, 0.15) is 155 Å². The number of hydrogen-bond donors (Lipinski definition) is 7. The van der Waals surface area contributed by atoms with E-state index in [0.29, 0.717) is 12.8 Å². The van der Waals surface area contributed by atoms with E-state index in [1.807, 2.05) is 0 Å². The monoisotopic (exact) mass is 887 g/mol. The highest BCUT2D eigenvalue weighted by Gasteiger charge is 2.47. The van der Waals surface area contributed by atoms with Crippen LogP contribution in [0.25, 0.3) is 0 Å². The number of aliphatic hydroxyl groups is 7. The standard InChI is InChI=1S/C47H82O15/c1-3-5-7-9-11-13-14-15-16-17-18-19-20-22-24-26-28-30-39(50)60-35(32-57-38(49)29-27-25-23-21-12-10-8-6-4-2)33-58-46-45(56)43(54)41(52)37(62-46)34-59-47-44(55)42(53)40(51)36(31-48)61-47/h11,13,15-16,18-19,35-37,40-48,51-56H,3-10,12,14,17,20-34H2,1-2H3/b13-11+,16-15+,19-18+/t35-,36+,37+,40-,41-,42?,43?,44?,45?,46+,47+/m1/s1. The molecule has 0 radical (unpaired) electrons. The van der Waals surface area contributed by atoms with Gasteiger partial charge in [0.2, 0.25) is 0 Å². The molecule has 0 aromatic rings. The van der Waals surface area contributed by atoms with E-state index < -0.39 is 92.7 Å². The molecule has 0 aromatic heterocycles. The largest absolute Gasteiger partial charge is 0.462 e. The molecule has 0 aliphatic carbocycles. The lowest BCUT2D eigenvalue weighted by molar-refractivity contribution is -0.332. The summed E-state index contributed by atoms with van der Waals surface area (Å²) in [4.78, 5) is 25.6. The van der Waals surface area contributed by atoms with Crippen LogP contribution in [0.3, 0.4) is 0 Å². The molecular weight excluding hydrogens is 805 g/mol. The summed E-state index contributed by atoms with van der Waals surface area (Å²) in [5, 5.41) is 71.8. The maximum Gasteiger partial charge on any atom is 0.306 e. The highest BCUT2D eigenvalue weighted by Crippen LogP contribution is 2.26. The number of carbonyl (C=O) groups excluding carboxylic acids is 2. The average molecular weight is 887 g/mol. The predicted molar refractivity (Wildman–Crippen MR) is 234 cm³/mol. The van der Waals surface area contributed by atoms with E-state index in [0.717, 1.165) is 64.2 Å². The molecule has 2 fully saturated rings. The minimum atomic E-state index is -1.77. The Bertz CT molecular complexity index is 1230. The quantitative estimate of drug-likeness (QED) is 0.0241. The summed E-state index contributed by atoms with van der Waals surface area (Å²) in [7, 11) is 0. The zero-order valence-electron chi connectivity index (χ0n) is 37.6. The summed E-state index contributed by atoms with van der Waals surface area (Å²) in [5.74, 6) is -0.954. The highest BCUT2D eigenvalue weighted by molar-refractivity contribution is 5.70. The number of carbonyl (C=O) groups is 2. The fourth-order valence-corrected chi connectivity index (χ4v) is 7.16. The van der Waals surface area contributed by atoms with Crippen molar-refractivity contribution in [2.24, 2.45) is 0 Å². The Hall–Kier alpha value is -2.28. The van der Waals surface area contributed by atoms with Gasteiger partial charge in [-0.2, -0.15) is 0 Å². The van der Waals surface area contributed by atoms with Gasteiger partial charge in [-0.3, -0.25) is 9.59 Å². The molecule has 0 saturated carbocycles. The van der Waals surface area contributed by atoms with Crippen LogP contribution in [0.4, 0.5) is 0 Å². The average Bonchev–Trinajstić information content (AvgIpc) is 3.26. The first-order chi connectivity index (χ1) is 30.0. The maximum absolute atomic E-state index is 12.9. The minimum Gasteiger partial charge on any atom is -0.462 e. The summed E-state index contributed by atoms with van der Waals surface area (Å²) < 4.78 is 33.4. The second-order valence-electron chi connectivity index (χ2n) is 16.6. The predicted octanol–water partition coefficient (Wildman–Crippen LogP) is 5.37. The van der Waals surface area contributed by atoms with Gasteiger partial charge in [-0.25, -0.2) is 0 Å². The Morgan fingerprint density at radius 1 is 0.516 bits per heavy atom. The second-order valence-corrected chi connectivity index (χ2v) is 16.6. The van der Waals surface area contributed by atoms with Crippen LogP contribution < -0.4 is 0 Å². The van der Waals surface area contributed by atoms with Crippen LogP contribution in [-0.2, 0) is 38.0 Å². The van der Waals surface area contributed by atoms with Gasteiger partial charge in [-0.05, 0) is 51.4 Å². The smallest absolute Gasteiger partial charge is 0.306 e. The molecule has 7 N–H and O–H groups in total. The van der Waals surface area contributed by atoms with Crippen molar-refractivity contribution in [1.29, 1.82) is 0 Å². The van der Waals surface area contributed by atoms with E-state index in [9.17, 15) is 45.3 Å². The first-order valence-corrected chi connectivity index (χ1v) is 23.6. The molecule has 2 aliphatic rings. The lowest BCUT2D eigenvalue weighted by atomic mass is 9.98. The normalized spacial score (nSPS) is 27.4. The Labute approximate surface area is 370 Å². The third-order valence-corrected chi connectivity index (χ3v) is 11.1. The zero-order valence-corrected chi connectivity index (χ0v) is 37.6. The fourth-order valence-electron chi connectivity index (χ4n) is 7.16. The van der Waals surface area contributed by atoms with E-state index in [-0.39, 0.29) is 26.1 Å². The number of rotatable bonds is 35. The van der Waals surface area contributed by atoms with Crippen molar-refractivity contribution < 1.29 is 73.8 Å². The number of unbranched alkanes of at least 4 members (excludes halogenated alkanes) is 15. The third kappa shape index (κ3) is 23.6. The number of esters is 2. The second kappa shape index (κ2) is 35.0. The topological polar surface area (TPSA) is 231 Å². The van der Waals surface area contributed by atoms with Crippen LogP contribution in [0.15, 0.2) is 36.5 Å². The molecule has 15 heteroatoms. The number of aliphatic hydroxyl groups excluding tert-OH is 7. The van der Waals surface area contributed by atoms with Crippen LogP contribution in [0.2, 0.25) is 0 Å². The van der Waals surface area contributed by atoms with Crippen molar-refractivity contribution >= 4 is 11.9 Å². The molecule has 15 nitrogen and oxygen atoms in total. The Morgan fingerprint density at radius 3 is 1.55 bits per heavy atom. The van der Waals surface area contributed by atoms with Crippen LogP contribution in [-0.4, -0.2) is 142 Å². The summed E-state index contributed by atoms with van der Waals surface area (Å²) in [5.41, 5.74) is 0. The molecule has 4 unspecified atom stereocenters. The third-order valence-electron chi connectivity index (χ3n) is 11.1. The highest BCUT2D eigenvalue weighted by atomic mass is 16.7. The van der Waals surface area contributed by atoms with Gasteiger partial charge in [0.25, 0.3) is 0 Å². The molecule has 0 aromatic carbocycles. The summed E-state index contributed by atoms with van der Waals surface area (Å²) >= 11 is 0. The van der Waals surface area contributed by atoms with Crippen LogP contribution in [0.5, 0.6) is 0 Å². The van der Waals surface area contributed by atoms with Gasteiger partial charge < -0.3 is 64.2 Å². The van der Waals surface area contributed by atoms with Gasteiger partial charge in [0, 0.05) is 12.8 Å². The molecular formula is C47H82O15. The summed E-state index contributed by atoms with van der Waals surface area (Å²) in [6, 6.07) is 0. The van der Waals surface area contributed by atoms with Gasteiger partial charge in [0.15, 0.2) is 18.7 Å². The summed E-state index contributed by atoms with van der Waals surface area (Å²) in [6.45, 7) is 2.49. The fraction of sp³-hybridized carbons (Fsp3) is 0.830. The number of hydrogen-bond acceptors (Lipinski definition) is 15. The lowest BCUT2D eigenvalue weighted by Gasteiger charge is -2.42. The van der Waals surface area contributed by atoms with E-state index >= 15 is 0 Å². The van der Waals surface area contributed by atoms with Crippen molar-refractivity contribution in [3.63, 3.8) is 0 Å². The Kier molecular flexibility index (Phi) is 31.6. The maximum atomic E-state index is 12.9. The van der Waals surface area contributed by atoms with Gasteiger partial charge in [-0.1, -0.05) is 127 Å². The number of allylic oxidation sites excluding steroid dienone is 6. The van der Waals surface area contributed by atoms with Crippen molar-refractivity contribution in [2.75, 3.05) is 26.4 Å². The van der Waals surface area contributed by atoms with Gasteiger partial charge in [-0.15, -0.1) is 0 Å². The van der Waals surface area contributed by atoms with Crippen LogP contribution in [0, 0.1) is 0 Å². The molecule has 11 atom stereocenters. The van der Waals surface area contributed by atoms with Gasteiger partial charge in [0.1, 0.15) is 55.4 Å². The van der Waals surface area contributed by atoms with Gasteiger partial charge in [0.05, 0.1) is 19.8 Å². The molecule has 2 saturated heterocycles. The minimum absolute atomic E-state index is 0.140. The lowest BCUT2D eigenvalue weighted by Crippen LogP contribution is -2.61. The molecule has 0 amide bonds. The molecule has 2 rings (SSSR count). The first-order valence-electron chi connectivity index (χ1n) is 23.6. The zero-order chi connectivity index (χ0) is 45.4. The van der Waals surface area contributed by atoms with Crippen molar-refractivity contribution in [3.8, 4) is 0 Å². The van der Waals surface area contributed by atoms with E-state index in [2.05, 4.69) is 50.3 Å². The molecule has 360 valence electrons. The SMILES string of the molecule is CCCCC/C=C/C/C=C/C/C=C/CCCCCCC(=O)O[C@H](COC(=O)CCCCCCCCCCC)CO[C@H]1O[C@@H](CO[C@H]2O[C@@H](CO)[C@@H](O)C(O)C2O)[C@@H](O)C(O)C1O. The molecule has 62 heavy (non-hydrogen) atoms. The van der Waals surface area contributed by atoms with E-state index in [4.69, 9.17) is 28.4 Å². The van der Waals surface area contributed by atoms with Crippen molar-refractivity contribution in [2.45, 2.75) is 223 Å². The molecule has 2 heterocycles. The van der Waals surface area contributed by atoms with Crippen molar-refractivity contribution in [1.82, 2.24) is 0 Å². The molecule has 0 spiro atoms. The van der Waals surface area contributed by atoms with Crippen LogP contribution >= 0.6 is 0 Å². The van der Waals surface area contributed by atoms with Gasteiger partial charge >= 0.3 is 11.9 Å². The Balaban J connectivity index is 1.85. The summed E-state index contributed by atoms with van der Waals surface area (Å²) in [6.07, 6.45) is 17.6. The van der Waals surface area contributed by atoms with E-state index in [1.165, 1.54) is 51.4 Å². The molecule has 2 aliphatic heterocycles. The van der Waals surface area contributed by atoms with Crippen molar-refractivity contribution in [3.05, 3.63) is 36.5 Å². The number of ether oxygens (including phenoxy) is 6. The Morgan fingerprint density at radius 2 is 0.968 bits per heavy atom. The molecule has 0 bridgehead atoms. The van der Waals surface area contributed by atoms with E-state index in [1.54, 1.807) is 0 Å².